The van der Waals surface area contributed by atoms with Crippen molar-refractivity contribution in [1.82, 2.24) is 15.1 Å². The summed E-state index contributed by atoms with van der Waals surface area (Å²) in [5.74, 6) is -0.370. The molecule has 2 aromatic carbocycles. The van der Waals surface area contributed by atoms with Crippen molar-refractivity contribution in [2.24, 2.45) is 0 Å². The van der Waals surface area contributed by atoms with E-state index in [2.05, 4.69) is 21.8 Å². The molecule has 5 rings (SSSR count). The first kappa shape index (κ1) is 21.3. The van der Waals surface area contributed by atoms with Gasteiger partial charge in [-0.15, -0.1) is 11.3 Å². The van der Waals surface area contributed by atoms with Crippen molar-refractivity contribution in [3.05, 3.63) is 81.6 Å². The molecule has 0 spiro atoms. The Kier molecular flexibility index (Phi) is 5.46. The van der Waals surface area contributed by atoms with Crippen molar-refractivity contribution in [2.45, 2.75) is 39.3 Å². The maximum absolute atomic E-state index is 13.2. The Morgan fingerprint density at radius 1 is 1.21 bits per heavy atom. The summed E-state index contributed by atoms with van der Waals surface area (Å²) in [6.07, 6.45) is 1.18. The Labute approximate surface area is 194 Å². The maximum Gasteiger partial charge on any atom is 0.261 e. The number of hydrogen-bond acceptors (Lipinski definition) is 4. The van der Waals surface area contributed by atoms with E-state index in [0.29, 0.717) is 24.3 Å². The van der Waals surface area contributed by atoms with Gasteiger partial charge in [-0.25, -0.2) is 4.39 Å². The molecule has 0 aliphatic carbocycles. The van der Waals surface area contributed by atoms with Gasteiger partial charge in [-0.3, -0.25) is 14.3 Å². The second-order valence-electron chi connectivity index (χ2n) is 8.36. The quantitative estimate of drug-likeness (QED) is 0.440. The van der Waals surface area contributed by atoms with Crippen LogP contribution in [0.2, 0.25) is 0 Å². The predicted molar refractivity (Wildman–Crippen MR) is 127 cm³/mol. The first-order valence-electron chi connectivity index (χ1n) is 10.8. The van der Waals surface area contributed by atoms with Gasteiger partial charge in [0.1, 0.15) is 10.6 Å². The minimum Gasteiger partial charge on any atom is -0.345 e. The number of aromatic nitrogens is 2. The summed E-state index contributed by atoms with van der Waals surface area (Å²) in [5.41, 5.74) is 4.73. The van der Waals surface area contributed by atoms with Crippen molar-refractivity contribution in [1.29, 1.82) is 0 Å². The molecular formula is C25H23FN4O2S. The lowest BCUT2D eigenvalue weighted by Gasteiger charge is -2.20. The van der Waals surface area contributed by atoms with Crippen LogP contribution in [0.25, 0.3) is 10.2 Å². The zero-order chi connectivity index (χ0) is 23.1. The molecule has 1 aliphatic rings. The molecule has 8 heteroatoms. The number of nitrogens with zero attached hydrogens (tertiary/aromatic N) is 2. The van der Waals surface area contributed by atoms with E-state index in [-0.39, 0.29) is 23.7 Å². The van der Waals surface area contributed by atoms with Crippen LogP contribution in [0.3, 0.4) is 0 Å². The summed E-state index contributed by atoms with van der Waals surface area (Å²) in [7, 11) is 0. The highest BCUT2D eigenvalue weighted by molar-refractivity contribution is 7.20. The highest BCUT2D eigenvalue weighted by Gasteiger charge is 2.20. The average molecular weight is 463 g/mol. The van der Waals surface area contributed by atoms with Crippen LogP contribution in [0.1, 0.15) is 51.4 Å². The third-order valence-corrected chi connectivity index (χ3v) is 7.10. The second-order valence-corrected chi connectivity index (χ2v) is 9.39. The van der Waals surface area contributed by atoms with Crippen molar-refractivity contribution >= 4 is 39.1 Å². The normalized spacial score (nSPS) is 14.1. The summed E-state index contributed by atoms with van der Waals surface area (Å²) in [5, 5.41) is 11.5. The van der Waals surface area contributed by atoms with E-state index in [0.717, 1.165) is 38.3 Å². The summed E-state index contributed by atoms with van der Waals surface area (Å²) >= 11 is 1.40. The van der Waals surface area contributed by atoms with E-state index >= 15 is 0 Å². The van der Waals surface area contributed by atoms with Gasteiger partial charge < -0.3 is 10.6 Å². The number of nitrogens with one attached hydrogen (secondary N) is 2. The van der Waals surface area contributed by atoms with Gasteiger partial charge >= 0.3 is 0 Å². The first-order chi connectivity index (χ1) is 15.9. The minimum atomic E-state index is -0.270. The molecule has 2 N–H and O–H groups in total. The Morgan fingerprint density at radius 2 is 2.00 bits per heavy atom. The third-order valence-electron chi connectivity index (χ3n) is 5.95. The van der Waals surface area contributed by atoms with Crippen LogP contribution < -0.4 is 10.6 Å². The van der Waals surface area contributed by atoms with Crippen molar-refractivity contribution in [3.8, 4) is 0 Å². The molecule has 1 aliphatic heterocycles. The van der Waals surface area contributed by atoms with Gasteiger partial charge in [0.05, 0.1) is 23.2 Å². The average Bonchev–Trinajstić information content (AvgIpc) is 3.36. The maximum atomic E-state index is 13.2. The largest absolute Gasteiger partial charge is 0.345 e. The molecule has 0 fully saturated rings. The van der Waals surface area contributed by atoms with E-state index in [1.165, 1.54) is 23.5 Å². The molecule has 6 nitrogen and oxygen atoms in total. The third kappa shape index (κ3) is 4.26. The van der Waals surface area contributed by atoms with Gasteiger partial charge in [0.25, 0.3) is 5.91 Å². The van der Waals surface area contributed by atoms with E-state index in [4.69, 9.17) is 0 Å². The number of fused-ring (bicyclic) bond motifs is 2. The Bertz CT molecular complexity index is 1370. The Morgan fingerprint density at radius 3 is 2.79 bits per heavy atom. The standard InChI is InChI=1S/C25H23FN4O2S/c1-14(17-5-9-21-18(11-17)6-10-23(31)28-21)27-24(32)22-12-20-15(2)29-30(25(20)33-22)13-16-3-7-19(26)8-4-16/h3-5,7-9,11-12,14H,6,10,13H2,1-2H3,(H,27,32)(H,28,31). The molecule has 33 heavy (non-hydrogen) atoms. The molecule has 168 valence electrons. The lowest BCUT2D eigenvalue weighted by Crippen LogP contribution is -2.26. The number of hydrogen-bond donors (Lipinski definition) is 2. The SMILES string of the molecule is Cc1nn(Cc2ccc(F)cc2)c2sc(C(=O)NC(C)c3ccc4c(c3)CCC(=O)N4)cc12. The van der Waals surface area contributed by atoms with Crippen LogP contribution in [-0.2, 0) is 17.8 Å². The van der Waals surface area contributed by atoms with Gasteiger partial charge in [-0.05, 0) is 61.2 Å². The highest BCUT2D eigenvalue weighted by Crippen LogP contribution is 2.30. The lowest BCUT2D eigenvalue weighted by molar-refractivity contribution is -0.116. The molecule has 2 amide bonds. The number of carbonyl (C=O) groups is 2. The van der Waals surface area contributed by atoms with Crippen LogP contribution in [-0.4, -0.2) is 21.6 Å². The molecule has 4 aromatic rings. The van der Waals surface area contributed by atoms with Crippen LogP contribution in [0.15, 0.2) is 48.5 Å². The summed E-state index contributed by atoms with van der Waals surface area (Å²) in [4.78, 5) is 26.1. The number of amides is 2. The van der Waals surface area contributed by atoms with E-state index in [1.807, 2.05) is 36.7 Å². The summed E-state index contributed by atoms with van der Waals surface area (Å²) in [6.45, 7) is 4.39. The van der Waals surface area contributed by atoms with Crippen molar-refractivity contribution in [2.75, 3.05) is 5.32 Å². The minimum absolute atomic E-state index is 0.0367. The number of benzene rings is 2. The van der Waals surface area contributed by atoms with Gasteiger partial charge in [0.15, 0.2) is 0 Å². The second kappa shape index (κ2) is 8.44. The smallest absolute Gasteiger partial charge is 0.261 e. The van der Waals surface area contributed by atoms with Crippen LogP contribution in [0.5, 0.6) is 0 Å². The predicted octanol–water partition coefficient (Wildman–Crippen LogP) is 4.97. The van der Waals surface area contributed by atoms with E-state index in [9.17, 15) is 14.0 Å². The molecule has 0 bridgehead atoms. The van der Waals surface area contributed by atoms with Gasteiger partial charge in [0.2, 0.25) is 5.91 Å². The van der Waals surface area contributed by atoms with Gasteiger partial charge in [-0.2, -0.15) is 5.10 Å². The van der Waals surface area contributed by atoms with Crippen LogP contribution in [0.4, 0.5) is 10.1 Å². The molecule has 0 saturated heterocycles. The number of aryl methyl sites for hydroxylation is 2. The zero-order valence-corrected chi connectivity index (χ0v) is 19.1. The summed E-state index contributed by atoms with van der Waals surface area (Å²) < 4.78 is 15.1. The fraction of sp³-hybridized carbons (Fsp3) is 0.240. The number of rotatable bonds is 5. The monoisotopic (exact) mass is 462 g/mol. The van der Waals surface area contributed by atoms with Crippen molar-refractivity contribution in [3.63, 3.8) is 0 Å². The molecule has 2 aromatic heterocycles. The highest BCUT2D eigenvalue weighted by atomic mass is 32.1. The molecule has 1 unspecified atom stereocenters. The number of thiophene rings is 1. The molecule has 1 atom stereocenters. The lowest BCUT2D eigenvalue weighted by atomic mass is 9.98. The Hall–Kier alpha value is -3.52. The van der Waals surface area contributed by atoms with E-state index in [1.54, 1.807) is 12.1 Å². The molecule has 0 radical (unpaired) electrons. The molecule has 0 saturated carbocycles. The Balaban J connectivity index is 1.34. The first-order valence-corrected chi connectivity index (χ1v) is 11.6. The summed E-state index contributed by atoms with van der Waals surface area (Å²) in [6, 6.07) is 13.9. The fourth-order valence-electron chi connectivity index (χ4n) is 4.12. The van der Waals surface area contributed by atoms with Crippen LogP contribution >= 0.6 is 11.3 Å². The fourth-order valence-corrected chi connectivity index (χ4v) is 5.18. The van der Waals surface area contributed by atoms with Gasteiger partial charge in [0, 0.05) is 17.5 Å². The number of carbonyl (C=O) groups excluding carboxylic acids is 2. The molecular weight excluding hydrogens is 439 g/mol. The number of anilines is 1. The molecule has 3 heterocycles. The van der Waals surface area contributed by atoms with Crippen LogP contribution in [0, 0.1) is 12.7 Å². The number of halogens is 1. The topological polar surface area (TPSA) is 76.0 Å². The van der Waals surface area contributed by atoms with Gasteiger partial charge in [-0.1, -0.05) is 24.3 Å². The zero-order valence-electron chi connectivity index (χ0n) is 18.3. The van der Waals surface area contributed by atoms with E-state index < -0.39 is 0 Å². The van der Waals surface area contributed by atoms with Crippen molar-refractivity contribution < 1.29 is 14.0 Å².